The zero-order valence-corrected chi connectivity index (χ0v) is 14.8. The summed E-state index contributed by atoms with van der Waals surface area (Å²) >= 11 is 0. The van der Waals surface area contributed by atoms with Crippen LogP contribution in [-0.2, 0) is 0 Å². The first-order valence-electron chi connectivity index (χ1n) is 9.40. The zero-order chi connectivity index (χ0) is 15.5. The lowest BCUT2D eigenvalue weighted by Crippen LogP contribution is -2.49. The summed E-state index contributed by atoms with van der Waals surface area (Å²) in [5, 5.41) is 10.6. The van der Waals surface area contributed by atoms with Gasteiger partial charge in [-0.1, -0.05) is 40.5 Å². The van der Waals surface area contributed by atoms with E-state index in [1.807, 2.05) is 0 Å². The van der Waals surface area contributed by atoms with E-state index in [1.54, 1.807) is 0 Å². The minimum Gasteiger partial charge on any atom is -0.391 e. The van der Waals surface area contributed by atoms with Crippen molar-refractivity contribution in [1.29, 1.82) is 0 Å². The minimum absolute atomic E-state index is 0.0907. The number of hydrogen-bond acceptors (Lipinski definition) is 2. The summed E-state index contributed by atoms with van der Waals surface area (Å²) in [6.07, 6.45) is 9.96. The van der Waals surface area contributed by atoms with Crippen molar-refractivity contribution in [2.24, 2.45) is 17.3 Å². The van der Waals surface area contributed by atoms with Gasteiger partial charge in [0.1, 0.15) is 0 Å². The molecule has 2 heteroatoms. The fourth-order valence-corrected chi connectivity index (χ4v) is 4.45. The molecule has 21 heavy (non-hydrogen) atoms. The largest absolute Gasteiger partial charge is 0.391 e. The number of rotatable bonds is 4. The normalized spacial score (nSPS) is 36.4. The van der Waals surface area contributed by atoms with E-state index in [1.165, 1.54) is 58.0 Å². The Balaban J connectivity index is 1.99. The summed E-state index contributed by atoms with van der Waals surface area (Å²) in [5.41, 5.74) is 0.427. The Morgan fingerprint density at radius 3 is 2.48 bits per heavy atom. The van der Waals surface area contributed by atoms with E-state index >= 15 is 0 Å². The first kappa shape index (κ1) is 17.3. The van der Waals surface area contributed by atoms with E-state index < -0.39 is 0 Å². The molecule has 0 aromatic carbocycles. The molecule has 4 atom stereocenters. The molecule has 0 aromatic heterocycles. The van der Waals surface area contributed by atoms with Crippen LogP contribution in [0, 0.1) is 17.3 Å². The molecule has 1 saturated heterocycles. The van der Waals surface area contributed by atoms with E-state index in [0.29, 0.717) is 11.5 Å². The van der Waals surface area contributed by atoms with Gasteiger partial charge in [0.25, 0.3) is 0 Å². The highest BCUT2D eigenvalue weighted by atomic mass is 16.3. The number of nitrogens with zero attached hydrogens (tertiary/aromatic N) is 1. The highest BCUT2D eigenvalue weighted by Crippen LogP contribution is 2.42. The molecular formula is C19H37NO. The van der Waals surface area contributed by atoms with E-state index in [-0.39, 0.29) is 6.10 Å². The van der Waals surface area contributed by atoms with Gasteiger partial charge in [0, 0.05) is 6.04 Å². The maximum atomic E-state index is 10.6. The molecule has 1 heterocycles. The molecule has 1 saturated carbocycles. The van der Waals surface area contributed by atoms with Gasteiger partial charge < -0.3 is 5.11 Å². The highest BCUT2D eigenvalue weighted by molar-refractivity contribution is 4.92. The van der Waals surface area contributed by atoms with Gasteiger partial charge in [0.05, 0.1) is 6.10 Å². The predicted octanol–water partition coefficient (Wildman–Crippen LogP) is 4.46. The fourth-order valence-electron chi connectivity index (χ4n) is 4.45. The van der Waals surface area contributed by atoms with Crippen LogP contribution in [0.5, 0.6) is 0 Å². The Morgan fingerprint density at radius 1 is 1.05 bits per heavy atom. The lowest BCUT2D eigenvalue weighted by atomic mass is 9.67. The quantitative estimate of drug-likeness (QED) is 0.827. The molecular weight excluding hydrogens is 258 g/mol. The topological polar surface area (TPSA) is 23.5 Å². The number of aliphatic hydroxyl groups excluding tert-OH is 1. The van der Waals surface area contributed by atoms with Crippen molar-refractivity contribution in [3.05, 3.63) is 0 Å². The molecule has 1 aliphatic heterocycles. The standard InChI is InChI=1S/C19H37NO/c1-5-15-8-7-12-20(13-11-15)17-14-16(9-10-18(17)21)19(3,4)6-2/h15-18,21H,5-14H2,1-4H3. The maximum absolute atomic E-state index is 10.6. The predicted molar refractivity (Wildman–Crippen MR) is 90.4 cm³/mol. The average Bonchev–Trinajstić information content (AvgIpc) is 2.73. The molecule has 0 bridgehead atoms. The van der Waals surface area contributed by atoms with Crippen LogP contribution in [0.15, 0.2) is 0 Å². The summed E-state index contributed by atoms with van der Waals surface area (Å²) in [7, 11) is 0. The van der Waals surface area contributed by atoms with Crippen LogP contribution >= 0.6 is 0 Å². The molecule has 2 rings (SSSR count). The van der Waals surface area contributed by atoms with Crippen molar-refractivity contribution in [1.82, 2.24) is 4.90 Å². The number of aliphatic hydroxyl groups is 1. The Morgan fingerprint density at radius 2 is 1.81 bits per heavy atom. The van der Waals surface area contributed by atoms with Gasteiger partial charge in [0.2, 0.25) is 0 Å². The van der Waals surface area contributed by atoms with Crippen molar-refractivity contribution >= 4 is 0 Å². The van der Waals surface area contributed by atoms with E-state index in [0.717, 1.165) is 18.3 Å². The summed E-state index contributed by atoms with van der Waals surface area (Å²) < 4.78 is 0. The second-order valence-electron chi connectivity index (χ2n) is 8.23. The van der Waals surface area contributed by atoms with E-state index in [9.17, 15) is 5.11 Å². The monoisotopic (exact) mass is 295 g/mol. The van der Waals surface area contributed by atoms with Crippen LogP contribution in [0.2, 0.25) is 0 Å². The van der Waals surface area contributed by atoms with Crippen LogP contribution in [0.25, 0.3) is 0 Å². The molecule has 2 fully saturated rings. The van der Waals surface area contributed by atoms with Gasteiger partial charge in [-0.15, -0.1) is 0 Å². The van der Waals surface area contributed by atoms with Crippen molar-refractivity contribution in [3.8, 4) is 0 Å². The molecule has 2 aliphatic rings. The SMILES string of the molecule is CCC1CCCN(C2CC(C(C)(C)CC)CCC2O)CC1. The van der Waals surface area contributed by atoms with Crippen molar-refractivity contribution in [3.63, 3.8) is 0 Å². The number of hydrogen-bond donors (Lipinski definition) is 1. The first-order valence-corrected chi connectivity index (χ1v) is 9.40. The van der Waals surface area contributed by atoms with Crippen molar-refractivity contribution < 1.29 is 5.11 Å². The molecule has 0 spiro atoms. The Bertz CT molecular complexity index is 315. The summed E-state index contributed by atoms with van der Waals surface area (Å²) in [4.78, 5) is 2.64. The molecule has 1 N–H and O–H groups in total. The van der Waals surface area contributed by atoms with Gasteiger partial charge in [0.15, 0.2) is 0 Å². The van der Waals surface area contributed by atoms with Crippen LogP contribution in [0.4, 0.5) is 0 Å². The molecule has 0 radical (unpaired) electrons. The lowest BCUT2D eigenvalue weighted by molar-refractivity contribution is -0.0201. The Hall–Kier alpha value is -0.0800. The van der Waals surface area contributed by atoms with Crippen molar-refractivity contribution in [2.45, 2.75) is 91.2 Å². The van der Waals surface area contributed by atoms with Gasteiger partial charge in [-0.05, 0) is 68.9 Å². The zero-order valence-electron chi connectivity index (χ0n) is 14.8. The van der Waals surface area contributed by atoms with Crippen LogP contribution in [-0.4, -0.2) is 35.2 Å². The van der Waals surface area contributed by atoms with Gasteiger partial charge >= 0.3 is 0 Å². The van der Waals surface area contributed by atoms with Gasteiger partial charge in [-0.25, -0.2) is 0 Å². The third-order valence-electron chi connectivity index (χ3n) is 6.73. The molecule has 2 nitrogen and oxygen atoms in total. The molecule has 4 unspecified atom stereocenters. The molecule has 124 valence electrons. The smallest absolute Gasteiger partial charge is 0.0695 e. The molecule has 1 aliphatic carbocycles. The van der Waals surface area contributed by atoms with Crippen LogP contribution < -0.4 is 0 Å². The third-order valence-corrected chi connectivity index (χ3v) is 6.73. The van der Waals surface area contributed by atoms with Crippen LogP contribution in [0.3, 0.4) is 0 Å². The molecule has 0 aromatic rings. The lowest BCUT2D eigenvalue weighted by Gasteiger charge is -2.45. The Kier molecular flexibility index (Phi) is 6.14. The maximum Gasteiger partial charge on any atom is 0.0695 e. The summed E-state index contributed by atoms with van der Waals surface area (Å²) in [6, 6.07) is 0.421. The van der Waals surface area contributed by atoms with E-state index in [2.05, 4.69) is 32.6 Å². The first-order chi connectivity index (χ1) is 9.97. The second-order valence-corrected chi connectivity index (χ2v) is 8.23. The van der Waals surface area contributed by atoms with Gasteiger partial charge in [-0.3, -0.25) is 4.90 Å². The summed E-state index contributed by atoms with van der Waals surface area (Å²) in [5.74, 6) is 1.69. The minimum atomic E-state index is -0.0907. The highest BCUT2D eigenvalue weighted by Gasteiger charge is 2.39. The van der Waals surface area contributed by atoms with Crippen LogP contribution in [0.1, 0.15) is 79.1 Å². The molecule has 0 amide bonds. The number of likely N-dealkylation sites (tertiary alicyclic amines) is 1. The van der Waals surface area contributed by atoms with Crippen molar-refractivity contribution in [2.75, 3.05) is 13.1 Å². The second kappa shape index (κ2) is 7.46. The third kappa shape index (κ3) is 4.22. The van der Waals surface area contributed by atoms with E-state index in [4.69, 9.17) is 0 Å². The average molecular weight is 296 g/mol. The van der Waals surface area contributed by atoms with Gasteiger partial charge in [-0.2, -0.15) is 0 Å². The summed E-state index contributed by atoms with van der Waals surface area (Å²) in [6.45, 7) is 11.9. The fraction of sp³-hybridized carbons (Fsp3) is 1.00. The Labute approximate surface area is 132 Å².